The minimum Gasteiger partial charge on any atom is -0.293 e. The van der Waals surface area contributed by atoms with Gasteiger partial charge in [-0.25, -0.2) is 0 Å². The molecule has 3 heteroatoms. The van der Waals surface area contributed by atoms with Gasteiger partial charge >= 0.3 is 0 Å². The van der Waals surface area contributed by atoms with E-state index in [9.17, 15) is 0 Å². The molecule has 1 aromatic carbocycles. The number of hydrogen-bond acceptors (Lipinski definition) is 1. The monoisotopic (exact) mass is 255 g/mol. The highest BCUT2D eigenvalue weighted by Gasteiger charge is 2.21. The maximum absolute atomic E-state index is 5.80. The molecule has 0 spiro atoms. The molecule has 1 aliphatic rings. The highest BCUT2D eigenvalue weighted by Crippen LogP contribution is 2.28. The van der Waals surface area contributed by atoms with Crippen molar-refractivity contribution in [3.05, 3.63) is 46.5 Å². The van der Waals surface area contributed by atoms with Gasteiger partial charge in [0.15, 0.2) is 0 Å². The van der Waals surface area contributed by atoms with Crippen LogP contribution in [0.1, 0.15) is 24.4 Å². The highest BCUT2D eigenvalue weighted by molar-refractivity contribution is 6.55. The van der Waals surface area contributed by atoms with Gasteiger partial charge in [-0.15, -0.1) is 0 Å². The van der Waals surface area contributed by atoms with Crippen LogP contribution >= 0.6 is 23.2 Å². The number of halogens is 2. The predicted molar refractivity (Wildman–Crippen MR) is 69.8 cm³/mol. The van der Waals surface area contributed by atoms with Crippen molar-refractivity contribution in [3.8, 4) is 0 Å². The molecule has 1 heterocycles. The van der Waals surface area contributed by atoms with E-state index in [0.29, 0.717) is 4.49 Å². The predicted octanol–water partition coefficient (Wildman–Crippen LogP) is 4.14. The standard InChI is InChI=1S/C13H15Cl2N/c14-13(15)10-12(16-8-4-5-9-16)11-6-2-1-3-7-11/h1-3,6-7,10,12H,4-5,8-9H2/t12-/m0/s1. The van der Waals surface area contributed by atoms with Gasteiger partial charge in [-0.05, 0) is 37.6 Å². The topological polar surface area (TPSA) is 3.24 Å². The van der Waals surface area contributed by atoms with E-state index in [2.05, 4.69) is 17.0 Å². The molecule has 0 saturated carbocycles. The van der Waals surface area contributed by atoms with Gasteiger partial charge < -0.3 is 0 Å². The van der Waals surface area contributed by atoms with E-state index < -0.39 is 0 Å². The van der Waals surface area contributed by atoms with Gasteiger partial charge in [0, 0.05) is 0 Å². The summed E-state index contributed by atoms with van der Waals surface area (Å²) in [6.45, 7) is 2.24. The number of benzene rings is 1. The fourth-order valence-corrected chi connectivity index (χ4v) is 2.44. The Balaban J connectivity index is 2.24. The molecule has 0 amide bonds. The van der Waals surface area contributed by atoms with Crippen LogP contribution in [0.5, 0.6) is 0 Å². The molecule has 1 fully saturated rings. The molecular weight excluding hydrogens is 241 g/mol. The maximum atomic E-state index is 5.80. The second-order valence-electron chi connectivity index (χ2n) is 4.05. The summed E-state index contributed by atoms with van der Waals surface area (Å²) in [5, 5.41) is 0. The largest absolute Gasteiger partial charge is 0.293 e. The Morgan fingerprint density at radius 1 is 1.12 bits per heavy atom. The van der Waals surface area contributed by atoms with Crippen molar-refractivity contribution in [2.75, 3.05) is 13.1 Å². The van der Waals surface area contributed by atoms with E-state index in [-0.39, 0.29) is 6.04 Å². The highest BCUT2D eigenvalue weighted by atomic mass is 35.5. The van der Waals surface area contributed by atoms with Crippen LogP contribution in [0.3, 0.4) is 0 Å². The average Bonchev–Trinajstić information content (AvgIpc) is 2.80. The van der Waals surface area contributed by atoms with E-state index in [0.717, 1.165) is 13.1 Å². The van der Waals surface area contributed by atoms with Crippen molar-refractivity contribution in [3.63, 3.8) is 0 Å². The van der Waals surface area contributed by atoms with Crippen LogP contribution in [-0.4, -0.2) is 18.0 Å². The van der Waals surface area contributed by atoms with Crippen molar-refractivity contribution in [2.24, 2.45) is 0 Å². The fourth-order valence-electron chi connectivity index (χ4n) is 2.20. The lowest BCUT2D eigenvalue weighted by Crippen LogP contribution is -2.24. The number of hydrogen-bond donors (Lipinski definition) is 0. The Labute approximate surface area is 107 Å². The smallest absolute Gasteiger partial charge is 0.104 e. The first-order valence-electron chi connectivity index (χ1n) is 5.59. The summed E-state index contributed by atoms with van der Waals surface area (Å²) in [7, 11) is 0. The Morgan fingerprint density at radius 2 is 1.75 bits per heavy atom. The average molecular weight is 256 g/mol. The van der Waals surface area contributed by atoms with E-state index >= 15 is 0 Å². The summed E-state index contributed by atoms with van der Waals surface area (Å²) < 4.78 is 0.348. The zero-order valence-corrected chi connectivity index (χ0v) is 10.6. The fraction of sp³-hybridized carbons (Fsp3) is 0.385. The molecule has 0 bridgehead atoms. The Morgan fingerprint density at radius 3 is 2.31 bits per heavy atom. The third-order valence-corrected chi connectivity index (χ3v) is 3.21. The summed E-state index contributed by atoms with van der Waals surface area (Å²) >= 11 is 11.6. The lowest BCUT2D eigenvalue weighted by molar-refractivity contribution is 0.288. The molecule has 16 heavy (non-hydrogen) atoms. The van der Waals surface area contributed by atoms with Gasteiger partial charge in [0.05, 0.1) is 6.04 Å². The third kappa shape index (κ3) is 3.00. The second kappa shape index (κ2) is 5.72. The molecule has 1 aliphatic heterocycles. The summed E-state index contributed by atoms with van der Waals surface area (Å²) in [6, 6.07) is 10.6. The van der Waals surface area contributed by atoms with E-state index in [4.69, 9.17) is 23.2 Å². The number of nitrogens with zero attached hydrogens (tertiary/aromatic N) is 1. The molecule has 0 unspecified atom stereocenters. The summed E-state index contributed by atoms with van der Waals surface area (Å²) in [6.07, 6.45) is 4.44. The van der Waals surface area contributed by atoms with Crippen LogP contribution < -0.4 is 0 Å². The normalized spacial score (nSPS) is 18.4. The van der Waals surface area contributed by atoms with E-state index in [1.807, 2.05) is 24.3 Å². The van der Waals surface area contributed by atoms with Gasteiger partial charge in [0.1, 0.15) is 4.49 Å². The molecule has 1 atom stereocenters. The van der Waals surface area contributed by atoms with E-state index in [1.54, 1.807) is 0 Å². The summed E-state index contributed by atoms with van der Waals surface area (Å²) in [5.74, 6) is 0. The van der Waals surface area contributed by atoms with Crippen LogP contribution in [0.25, 0.3) is 0 Å². The lowest BCUT2D eigenvalue weighted by atomic mass is 10.1. The Kier molecular flexibility index (Phi) is 4.28. The summed E-state index contributed by atoms with van der Waals surface area (Å²) in [5.41, 5.74) is 1.25. The zero-order valence-electron chi connectivity index (χ0n) is 9.07. The quantitative estimate of drug-likeness (QED) is 0.785. The van der Waals surface area contributed by atoms with Crippen LogP contribution in [-0.2, 0) is 0 Å². The third-order valence-electron chi connectivity index (χ3n) is 2.96. The van der Waals surface area contributed by atoms with Crippen molar-refractivity contribution in [1.29, 1.82) is 0 Å². The zero-order chi connectivity index (χ0) is 11.4. The molecule has 86 valence electrons. The minimum absolute atomic E-state index is 0.216. The van der Waals surface area contributed by atoms with Crippen LogP contribution in [0, 0.1) is 0 Å². The molecule has 1 aromatic rings. The first-order chi connectivity index (χ1) is 7.77. The Hall–Kier alpha value is -0.500. The second-order valence-corrected chi connectivity index (χ2v) is 5.06. The van der Waals surface area contributed by atoms with Crippen molar-refractivity contribution >= 4 is 23.2 Å². The van der Waals surface area contributed by atoms with Gasteiger partial charge in [0.25, 0.3) is 0 Å². The van der Waals surface area contributed by atoms with Crippen LogP contribution in [0.15, 0.2) is 40.9 Å². The first-order valence-corrected chi connectivity index (χ1v) is 6.35. The summed E-state index contributed by atoms with van der Waals surface area (Å²) in [4.78, 5) is 2.42. The minimum atomic E-state index is 0.216. The first kappa shape index (κ1) is 12.0. The molecular formula is C13H15Cl2N. The van der Waals surface area contributed by atoms with Gasteiger partial charge in [-0.2, -0.15) is 0 Å². The number of rotatable bonds is 3. The lowest BCUT2D eigenvalue weighted by Gasteiger charge is -2.25. The van der Waals surface area contributed by atoms with Gasteiger partial charge in [-0.3, -0.25) is 4.90 Å². The molecule has 1 saturated heterocycles. The van der Waals surface area contributed by atoms with Crippen molar-refractivity contribution < 1.29 is 0 Å². The van der Waals surface area contributed by atoms with Crippen molar-refractivity contribution in [1.82, 2.24) is 4.90 Å². The SMILES string of the molecule is ClC(Cl)=C[C@@H](c1ccccc1)N1CCCC1. The molecule has 0 radical (unpaired) electrons. The van der Waals surface area contributed by atoms with Gasteiger partial charge in [0.2, 0.25) is 0 Å². The van der Waals surface area contributed by atoms with Gasteiger partial charge in [-0.1, -0.05) is 53.5 Å². The molecule has 0 aliphatic carbocycles. The Bertz CT molecular complexity index is 351. The van der Waals surface area contributed by atoms with E-state index in [1.165, 1.54) is 18.4 Å². The molecule has 0 N–H and O–H groups in total. The molecule has 1 nitrogen and oxygen atoms in total. The van der Waals surface area contributed by atoms with Crippen molar-refractivity contribution in [2.45, 2.75) is 18.9 Å². The molecule has 0 aromatic heterocycles. The maximum Gasteiger partial charge on any atom is 0.104 e. The number of likely N-dealkylation sites (tertiary alicyclic amines) is 1. The molecule has 2 rings (SSSR count). The van der Waals surface area contributed by atoms with Crippen LogP contribution in [0.2, 0.25) is 0 Å². The van der Waals surface area contributed by atoms with Crippen LogP contribution in [0.4, 0.5) is 0 Å².